The number of carbonyl (C=O) groups is 3. The van der Waals surface area contributed by atoms with Gasteiger partial charge in [0.2, 0.25) is 11.8 Å². The zero-order valence-electron chi connectivity index (χ0n) is 33.2. The highest BCUT2D eigenvalue weighted by Crippen LogP contribution is 2.15. The van der Waals surface area contributed by atoms with Crippen molar-refractivity contribution in [2.75, 3.05) is 26.2 Å². The van der Waals surface area contributed by atoms with Gasteiger partial charge in [-0.15, -0.1) is 0 Å². The van der Waals surface area contributed by atoms with Gasteiger partial charge in [-0.25, -0.2) is 4.79 Å². The van der Waals surface area contributed by atoms with Gasteiger partial charge in [0.1, 0.15) is 6.61 Å². The number of ether oxygens (including phenoxy) is 1. The number of unbranched alkanes of at least 4 members (excludes halogenated alkanes) is 28. The van der Waals surface area contributed by atoms with Gasteiger partial charge in [0, 0.05) is 32.5 Å². The third-order valence-electron chi connectivity index (χ3n) is 9.75. The van der Waals surface area contributed by atoms with Crippen LogP contribution >= 0.6 is 0 Å². The molecule has 0 fully saturated rings. The van der Waals surface area contributed by atoms with Gasteiger partial charge in [0.15, 0.2) is 0 Å². The Bertz CT molecular complexity index is 751. The van der Waals surface area contributed by atoms with Gasteiger partial charge in [-0.3, -0.25) is 9.59 Å². The molecular weight excluding hydrogens is 624 g/mol. The summed E-state index contributed by atoms with van der Waals surface area (Å²) in [5.41, 5.74) is 5.45. The van der Waals surface area contributed by atoms with E-state index in [4.69, 9.17) is 10.5 Å². The summed E-state index contributed by atoms with van der Waals surface area (Å²) < 4.78 is 5.29. The van der Waals surface area contributed by atoms with E-state index in [0.717, 1.165) is 32.1 Å². The normalized spacial score (nSPS) is 11.7. The number of hydrogen-bond acceptors (Lipinski definition) is 5. The predicted octanol–water partition coefficient (Wildman–Crippen LogP) is 10.8. The molecule has 0 aliphatic carbocycles. The molecule has 0 aliphatic rings. The maximum atomic E-state index is 12.7. The van der Waals surface area contributed by atoms with Crippen LogP contribution < -0.4 is 21.7 Å². The minimum absolute atomic E-state index is 0.000239. The third-order valence-corrected chi connectivity index (χ3v) is 9.75. The van der Waals surface area contributed by atoms with Gasteiger partial charge >= 0.3 is 6.09 Å². The zero-order chi connectivity index (χ0) is 36.6. The van der Waals surface area contributed by atoms with Crippen molar-refractivity contribution in [3.05, 3.63) is 0 Å². The number of amides is 3. The Kier molecular flexibility index (Phi) is 38.5. The standard InChI is InChI=1S/C42H84N4O4/c1-3-5-7-9-11-13-15-17-19-21-23-25-27-29-31-33-40(47)45-37-39(38-50-42(49)44-36-35-43)46-41(48)34-32-30-28-26-24-22-20-18-16-14-12-10-8-6-4-2/h39H,3-38,43H2,1-2H3,(H,44,49)(H,45,47)(H,46,48). The molecule has 0 saturated carbocycles. The topological polar surface area (TPSA) is 123 Å². The van der Waals surface area contributed by atoms with Crippen LogP contribution in [-0.4, -0.2) is 50.2 Å². The van der Waals surface area contributed by atoms with Crippen molar-refractivity contribution in [2.45, 2.75) is 225 Å². The summed E-state index contributed by atoms with van der Waals surface area (Å²) in [4.78, 5) is 37.1. The van der Waals surface area contributed by atoms with E-state index in [1.54, 1.807) is 0 Å². The Morgan fingerprint density at radius 2 is 0.820 bits per heavy atom. The van der Waals surface area contributed by atoms with Gasteiger partial charge in [-0.1, -0.05) is 194 Å². The molecular formula is C42H84N4O4. The lowest BCUT2D eigenvalue weighted by molar-refractivity contribution is -0.124. The lowest BCUT2D eigenvalue weighted by atomic mass is 10.0. The van der Waals surface area contributed by atoms with Crippen molar-refractivity contribution in [3.8, 4) is 0 Å². The van der Waals surface area contributed by atoms with E-state index < -0.39 is 12.1 Å². The molecule has 0 radical (unpaired) electrons. The second kappa shape index (κ2) is 39.9. The molecule has 0 saturated heterocycles. The van der Waals surface area contributed by atoms with E-state index in [9.17, 15) is 14.4 Å². The molecule has 8 heteroatoms. The van der Waals surface area contributed by atoms with Crippen LogP contribution in [0.1, 0.15) is 219 Å². The van der Waals surface area contributed by atoms with Crippen LogP contribution in [0.25, 0.3) is 0 Å². The molecule has 0 rings (SSSR count). The van der Waals surface area contributed by atoms with E-state index >= 15 is 0 Å². The van der Waals surface area contributed by atoms with Crippen LogP contribution in [0, 0.1) is 0 Å². The van der Waals surface area contributed by atoms with E-state index in [1.807, 2.05) is 0 Å². The maximum absolute atomic E-state index is 12.7. The summed E-state index contributed by atoms with van der Waals surface area (Å²) >= 11 is 0. The molecule has 0 aliphatic heterocycles. The summed E-state index contributed by atoms with van der Waals surface area (Å²) in [6.07, 6.45) is 39.1. The Balaban J connectivity index is 4.01. The molecule has 0 aromatic rings. The molecule has 3 amide bonds. The summed E-state index contributed by atoms with van der Waals surface area (Å²) in [6.45, 7) is 5.43. The van der Waals surface area contributed by atoms with Crippen LogP contribution in [0.15, 0.2) is 0 Å². The predicted molar refractivity (Wildman–Crippen MR) is 212 cm³/mol. The molecule has 0 heterocycles. The highest BCUT2D eigenvalue weighted by Gasteiger charge is 2.16. The second-order valence-corrected chi connectivity index (χ2v) is 14.8. The largest absolute Gasteiger partial charge is 0.447 e. The quantitative estimate of drug-likeness (QED) is 0.0473. The van der Waals surface area contributed by atoms with Crippen molar-refractivity contribution in [3.63, 3.8) is 0 Å². The van der Waals surface area contributed by atoms with Crippen LogP contribution in [-0.2, 0) is 14.3 Å². The number of rotatable bonds is 39. The zero-order valence-corrected chi connectivity index (χ0v) is 33.2. The third kappa shape index (κ3) is 37.4. The van der Waals surface area contributed by atoms with Gasteiger partial charge < -0.3 is 26.4 Å². The molecule has 0 spiro atoms. The average molecular weight is 709 g/mol. The summed E-state index contributed by atoms with van der Waals surface area (Å²) in [5.74, 6) is -0.0822. The SMILES string of the molecule is CCCCCCCCCCCCCCCCCC(=O)NCC(COC(=O)NCCN)NC(=O)CCCCCCCCCCCCCCCCC. The first-order valence-electron chi connectivity index (χ1n) is 21.7. The minimum Gasteiger partial charge on any atom is -0.447 e. The fourth-order valence-electron chi connectivity index (χ4n) is 6.49. The molecule has 296 valence electrons. The molecule has 50 heavy (non-hydrogen) atoms. The van der Waals surface area contributed by atoms with Crippen molar-refractivity contribution in [1.29, 1.82) is 0 Å². The van der Waals surface area contributed by atoms with Crippen molar-refractivity contribution in [2.24, 2.45) is 5.73 Å². The lowest BCUT2D eigenvalue weighted by Gasteiger charge is -2.19. The van der Waals surface area contributed by atoms with E-state index in [1.165, 1.54) is 161 Å². The van der Waals surface area contributed by atoms with E-state index in [-0.39, 0.29) is 25.0 Å². The van der Waals surface area contributed by atoms with Crippen molar-refractivity contribution >= 4 is 17.9 Å². The molecule has 5 N–H and O–H groups in total. The first-order chi connectivity index (χ1) is 24.5. The molecule has 0 aromatic heterocycles. The monoisotopic (exact) mass is 709 g/mol. The lowest BCUT2D eigenvalue weighted by Crippen LogP contribution is -2.47. The number of nitrogens with two attached hydrogens (primary N) is 1. The summed E-state index contributed by atoms with van der Waals surface area (Å²) in [7, 11) is 0. The second-order valence-electron chi connectivity index (χ2n) is 14.8. The highest BCUT2D eigenvalue weighted by molar-refractivity contribution is 5.77. The minimum atomic E-state index is -0.568. The molecule has 0 aromatic carbocycles. The van der Waals surface area contributed by atoms with Crippen molar-refractivity contribution in [1.82, 2.24) is 16.0 Å². The molecule has 8 nitrogen and oxygen atoms in total. The Hall–Kier alpha value is -1.83. The number of hydrogen-bond donors (Lipinski definition) is 4. The van der Waals surface area contributed by atoms with Crippen LogP contribution in [0.3, 0.4) is 0 Å². The molecule has 1 atom stereocenters. The van der Waals surface area contributed by atoms with Crippen LogP contribution in [0.2, 0.25) is 0 Å². The summed E-state index contributed by atoms with van der Waals surface area (Å²) in [6, 6.07) is -0.465. The Morgan fingerprint density at radius 3 is 1.18 bits per heavy atom. The van der Waals surface area contributed by atoms with Crippen LogP contribution in [0.5, 0.6) is 0 Å². The average Bonchev–Trinajstić information content (AvgIpc) is 3.11. The Morgan fingerprint density at radius 1 is 0.480 bits per heavy atom. The summed E-state index contributed by atoms with van der Waals surface area (Å²) in [5, 5.41) is 8.49. The number of alkyl carbamates (subject to hydrolysis) is 1. The van der Waals surface area contributed by atoms with Crippen molar-refractivity contribution < 1.29 is 19.1 Å². The number of nitrogens with one attached hydrogen (secondary N) is 3. The fourth-order valence-corrected chi connectivity index (χ4v) is 6.49. The number of carbonyl (C=O) groups excluding carboxylic acids is 3. The first kappa shape index (κ1) is 48.2. The van der Waals surface area contributed by atoms with Gasteiger partial charge in [-0.05, 0) is 12.8 Å². The van der Waals surface area contributed by atoms with Gasteiger partial charge in [-0.2, -0.15) is 0 Å². The maximum Gasteiger partial charge on any atom is 0.407 e. The van der Waals surface area contributed by atoms with E-state index in [0.29, 0.717) is 25.9 Å². The molecule has 0 bridgehead atoms. The first-order valence-corrected chi connectivity index (χ1v) is 21.7. The highest BCUT2D eigenvalue weighted by atomic mass is 16.5. The Labute approximate surface area is 309 Å². The van der Waals surface area contributed by atoms with Crippen LogP contribution in [0.4, 0.5) is 4.79 Å². The van der Waals surface area contributed by atoms with Gasteiger partial charge in [0.05, 0.1) is 6.04 Å². The molecule has 1 unspecified atom stereocenters. The van der Waals surface area contributed by atoms with E-state index in [2.05, 4.69) is 29.8 Å². The van der Waals surface area contributed by atoms with Gasteiger partial charge in [0.25, 0.3) is 0 Å². The fraction of sp³-hybridized carbons (Fsp3) is 0.929. The smallest absolute Gasteiger partial charge is 0.407 e.